The summed E-state index contributed by atoms with van der Waals surface area (Å²) in [7, 11) is 0. The molecule has 1 saturated heterocycles. The second kappa shape index (κ2) is 5.63. The SMILES string of the molecule is O=C(NC1CC1)c1nnc2n1C[C@@H]1CN(Cc3nccs3)C[C@@H]1C2. The van der Waals surface area contributed by atoms with E-state index in [9.17, 15) is 4.79 Å². The Morgan fingerprint density at radius 1 is 1.25 bits per heavy atom. The number of rotatable bonds is 4. The van der Waals surface area contributed by atoms with Gasteiger partial charge in [-0.1, -0.05) is 0 Å². The fraction of sp³-hybridized carbons (Fsp3) is 0.625. The van der Waals surface area contributed by atoms with Gasteiger partial charge in [0, 0.05) is 43.7 Å². The summed E-state index contributed by atoms with van der Waals surface area (Å²) in [6.07, 6.45) is 4.96. The van der Waals surface area contributed by atoms with Crippen LogP contribution in [0.1, 0.15) is 34.3 Å². The van der Waals surface area contributed by atoms with Gasteiger partial charge in [-0.25, -0.2) is 4.98 Å². The molecule has 1 aliphatic carbocycles. The third-order valence-corrected chi connectivity index (χ3v) is 6.06. The van der Waals surface area contributed by atoms with Crippen molar-refractivity contribution in [3.8, 4) is 0 Å². The van der Waals surface area contributed by atoms with Gasteiger partial charge in [0.2, 0.25) is 5.82 Å². The zero-order valence-corrected chi connectivity index (χ0v) is 14.2. The first-order valence-corrected chi connectivity index (χ1v) is 9.48. The second-order valence-corrected chi connectivity index (χ2v) is 8.12. The molecule has 0 unspecified atom stereocenters. The van der Waals surface area contributed by atoms with Gasteiger partial charge in [-0.05, 0) is 24.7 Å². The van der Waals surface area contributed by atoms with Crippen LogP contribution in [0.3, 0.4) is 0 Å². The van der Waals surface area contributed by atoms with E-state index in [0.29, 0.717) is 23.7 Å². The molecule has 1 saturated carbocycles. The van der Waals surface area contributed by atoms with Crippen LogP contribution in [0.5, 0.6) is 0 Å². The van der Waals surface area contributed by atoms with Crippen LogP contribution in [0.2, 0.25) is 0 Å². The Labute approximate surface area is 144 Å². The molecule has 24 heavy (non-hydrogen) atoms. The van der Waals surface area contributed by atoms with Gasteiger partial charge in [0.15, 0.2) is 0 Å². The Hall–Kier alpha value is -1.80. The van der Waals surface area contributed by atoms with Crippen LogP contribution >= 0.6 is 11.3 Å². The van der Waals surface area contributed by atoms with E-state index < -0.39 is 0 Å². The van der Waals surface area contributed by atoms with Gasteiger partial charge < -0.3 is 9.88 Å². The molecule has 2 aromatic rings. The minimum Gasteiger partial charge on any atom is -0.347 e. The summed E-state index contributed by atoms with van der Waals surface area (Å²) < 4.78 is 2.05. The van der Waals surface area contributed by atoms with Gasteiger partial charge in [0.1, 0.15) is 10.8 Å². The molecule has 0 radical (unpaired) electrons. The zero-order chi connectivity index (χ0) is 16.1. The van der Waals surface area contributed by atoms with Crippen molar-refractivity contribution >= 4 is 17.2 Å². The molecule has 4 heterocycles. The molecule has 0 bridgehead atoms. The third-order valence-electron chi connectivity index (χ3n) is 5.30. The van der Waals surface area contributed by atoms with Crippen molar-refractivity contribution in [1.29, 1.82) is 0 Å². The van der Waals surface area contributed by atoms with E-state index >= 15 is 0 Å². The first-order chi connectivity index (χ1) is 11.8. The van der Waals surface area contributed by atoms with Crippen molar-refractivity contribution in [2.75, 3.05) is 13.1 Å². The predicted molar refractivity (Wildman–Crippen MR) is 88.6 cm³/mol. The maximum atomic E-state index is 12.3. The molecule has 8 heteroatoms. The highest BCUT2D eigenvalue weighted by Gasteiger charge is 2.39. The second-order valence-electron chi connectivity index (χ2n) is 7.14. The number of fused-ring (bicyclic) bond motifs is 2. The number of amides is 1. The Morgan fingerprint density at radius 2 is 2.12 bits per heavy atom. The molecule has 2 aliphatic heterocycles. The highest BCUT2D eigenvalue weighted by Crippen LogP contribution is 2.33. The van der Waals surface area contributed by atoms with Gasteiger partial charge in [0.05, 0.1) is 6.54 Å². The fourth-order valence-corrected chi connectivity index (χ4v) is 4.58. The molecule has 3 aliphatic rings. The zero-order valence-electron chi connectivity index (χ0n) is 13.4. The van der Waals surface area contributed by atoms with E-state index in [1.165, 1.54) is 5.01 Å². The Kier molecular flexibility index (Phi) is 3.41. The molecule has 2 atom stereocenters. The molecule has 2 aromatic heterocycles. The summed E-state index contributed by atoms with van der Waals surface area (Å²) in [5, 5.41) is 14.7. The maximum Gasteiger partial charge on any atom is 0.289 e. The van der Waals surface area contributed by atoms with Gasteiger partial charge in [-0.15, -0.1) is 21.5 Å². The van der Waals surface area contributed by atoms with Gasteiger partial charge >= 0.3 is 0 Å². The quantitative estimate of drug-likeness (QED) is 0.893. The van der Waals surface area contributed by atoms with E-state index in [1.807, 2.05) is 16.1 Å². The highest BCUT2D eigenvalue weighted by atomic mass is 32.1. The highest BCUT2D eigenvalue weighted by molar-refractivity contribution is 7.09. The smallest absolute Gasteiger partial charge is 0.289 e. The molecule has 1 N–H and O–H groups in total. The number of nitrogens with zero attached hydrogens (tertiary/aromatic N) is 5. The fourth-order valence-electron chi connectivity index (χ4n) is 3.92. The van der Waals surface area contributed by atoms with Crippen molar-refractivity contribution in [1.82, 2.24) is 30.0 Å². The van der Waals surface area contributed by atoms with Crippen LogP contribution in [0.15, 0.2) is 11.6 Å². The Morgan fingerprint density at radius 3 is 2.92 bits per heavy atom. The maximum absolute atomic E-state index is 12.3. The van der Waals surface area contributed by atoms with Crippen molar-refractivity contribution < 1.29 is 4.79 Å². The van der Waals surface area contributed by atoms with Crippen LogP contribution in [0.25, 0.3) is 0 Å². The lowest BCUT2D eigenvalue weighted by molar-refractivity contribution is 0.0932. The van der Waals surface area contributed by atoms with E-state index in [2.05, 4.69) is 25.4 Å². The molecular weight excluding hydrogens is 324 g/mol. The lowest BCUT2D eigenvalue weighted by atomic mass is 9.89. The van der Waals surface area contributed by atoms with E-state index in [4.69, 9.17) is 0 Å². The van der Waals surface area contributed by atoms with E-state index in [1.54, 1.807) is 11.3 Å². The number of carbonyl (C=O) groups excluding carboxylic acids is 1. The molecule has 5 rings (SSSR count). The van der Waals surface area contributed by atoms with Crippen molar-refractivity contribution in [3.05, 3.63) is 28.2 Å². The van der Waals surface area contributed by atoms with Crippen LogP contribution < -0.4 is 5.32 Å². The number of thiazole rings is 1. The monoisotopic (exact) mass is 344 g/mol. The minimum atomic E-state index is -0.0626. The van der Waals surface area contributed by atoms with E-state index in [-0.39, 0.29) is 5.91 Å². The lowest BCUT2D eigenvalue weighted by Gasteiger charge is -2.25. The summed E-state index contributed by atoms with van der Waals surface area (Å²) in [5.74, 6) is 2.58. The summed E-state index contributed by atoms with van der Waals surface area (Å²) >= 11 is 1.72. The minimum absolute atomic E-state index is 0.0626. The molecule has 1 amide bonds. The summed E-state index contributed by atoms with van der Waals surface area (Å²) in [6, 6.07) is 0.349. The van der Waals surface area contributed by atoms with Gasteiger partial charge in [-0.3, -0.25) is 9.69 Å². The van der Waals surface area contributed by atoms with Crippen LogP contribution in [0.4, 0.5) is 0 Å². The van der Waals surface area contributed by atoms with Gasteiger partial charge in [0.25, 0.3) is 5.91 Å². The summed E-state index contributed by atoms with van der Waals surface area (Å²) in [6.45, 7) is 3.93. The first-order valence-electron chi connectivity index (χ1n) is 8.60. The molecule has 0 aromatic carbocycles. The predicted octanol–water partition coefficient (Wildman–Crippen LogP) is 0.931. The lowest BCUT2D eigenvalue weighted by Crippen LogP contribution is -2.33. The molecular formula is C16H20N6OS. The summed E-state index contributed by atoms with van der Waals surface area (Å²) in [5.41, 5.74) is 0. The number of carbonyl (C=O) groups is 1. The van der Waals surface area contributed by atoms with Crippen LogP contribution in [-0.4, -0.2) is 49.7 Å². The average molecular weight is 344 g/mol. The largest absolute Gasteiger partial charge is 0.347 e. The number of nitrogens with one attached hydrogen (secondary N) is 1. The number of hydrogen-bond donors (Lipinski definition) is 1. The van der Waals surface area contributed by atoms with Crippen LogP contribution in [0, 0.1) is 11.8 Å². The normalized spacial score (nSPS) is 26.2. The number of hydrogen-bond acceptors (Lipinski definition) is 6. The standard InChI is InChI=1S/C16H20N6OS/c23-16(18-12-1-2-12)15-20-19-13-5-10-6-21(7-11(10)8-22(13)15)9-14-17-3-4-24-14/h3-4,10-12H,1-2,5-9H2,(H,18,23)/t10-,11-/m0/s1. The molecule has 0 spiro atoms. The van der Waals surface area contributed by atoms with Crippen LogP contribution in [-0.2, 0) is 19.5 Å². The van der Waals surface area contributed by atoms with E-state index in [0.717, 1.165) is 51.3 Å². The average Bonchev–Trinajstić information content (AvgIpc) is 2.99. The number of aromatic nitrogens is 4. The summed E-state index contributed by atoms with van der Waals surface area (Å²) in [4.78, 5) is 19.2. The van der Waals surface area contributed by atoms with Crippen molar-refractivity contribution in [2.45, 2.75) is 38.4 Å². The molecule has 126 valence electrons. The topological polar surface area (TPSA) is 75.9 Å². The van der Waals surface area contributed by atoms with Crippen molar-refractivity contribution in [3.63, 3.8) is 0 Å². The van der Waals surface area contributed by atoms with Gasteiger partial charge in [-0.2, -0.15) is 0 Å². The number of likely N-dealkylation sites (tertiary alicyclic amines) is 1. The first kappa shape index (κ1) is 14.5. The Bertz CT molecular complexity index is 753. The third kappa shape index (κ3) is 2.63. The molecule has 7 nitrogen and oxygen atoms in total. The molecule has 2 fully saturated rings. The van der Waals surface area contributed by atoms with Crippen molar-refractivity contribution in [2.24, 2.45) is 11.8 Å². The Balaban J connectivity index is 1.30.